The van der Waals surface area contributed by atoms with Crippen molar-refractivity contribution in [3.63, 3.8) is 0 Å². The standard InChI is InChI=1S/C17H25N5O3/c1-11-8-12(13-14(20-11)22(2)21-16(13)24)15(23)19-9-17(10-25-3)4-6-18-7-5-17/h8,18H,4-7,9-10H2,1-3H3,(H,19,23)(H,21,24). The summed E-state index contributed by atoms with van der Waals surface area (Å²) in [6, 6.07) is 1.67. The van der Waals surface area contributed by atoms with Crippen LogP contribution in [0.15, 0.2) is 10.9 Å². The van der Waals surface area contributed by atoms with E-state index in [0.717, 1.165) is 25.9 Å². The van der Waals surface area contributed by atoms with Crippen molar-refractivity contribution in [2.24, 2.45) is 12.5 Å². The molecule has 0 radical (unpaired) electrons. The summed E-state index contributed by atoms with van der Waals surface area (Å²) in [5.41, 5.74) is 1.18. The summed E-state index contributed by atoms with van der Waals surface area (Å²) in [6.07, 6.45) is 1.88. The number of fused-ring (bicyclic) bond motifs is 1. The van der Waals surface area contributed by atoms with Gasteiger partial charge in [-0.3, -0.25) is 19.4 Å². The summed E-state index contributed by atoms with van der Waals surface area (Å²) in [7, 11) is 3.39. The number of carbonyl (C=O) groups excluding carboxylic acids is 1. The van der Waals surface area contributed by atoms with Gasteiger partial charge in [-0.25, -0.2) is 4.98 Å². The van der Waals surface area contributed by atoms with Gasteiger partial charge >= 0.3 is 0 Å². The summed E-state index contributed by atoms with van der Waals surface area (Å²) in [5, 5.41) is 9.34. The number of piperidine rings is 1. The van der Waals surface area contributed by atoms with Gasteiger partial charge in [-0.2, -0.15) is 0 Å². The largest absolute Gasteiger partial charge is 0.384 e. The van der Waals surface area contributed by atoms with Crippen molar-refractivity contribution in [3.05, 3.63) is 27.7 Å². The number of hydrogen-bond donors (Lipinski definition) is 3. The van der Waals surface area contributed by atoms with Crippen LogP contribution < -0.4 is 16.2 Å². The highest BCUT2D eigenvalue weighted by Gasteiger charge is 2.33. The van der Waals surface area contributed by atoms with E-state index in [2.05, 4.69) is 20.7 Å². The van der Waals surface area contributed by atoms with Gasteiger partial charge in [-0.15, -0.1) is 0 Å². The smallest absolute Gasteiger partial charge is 0.274 e. The number of H-pyrrole nitrogens is 1. The molecule has 3 rings (SSSR count). The molecule has 3 heterocycles. The molecule has 2 aromatic rings. The van der Waals surface area contributed by atoms with Gasteiger partial charge in [0, 0.05) is 31.8 Å². The predicted octanol–water partition coefficient (Wildman–Crippen LogP) is 0.316. The van der Waals surface area contributed by atoms with Gasteiger partial charge in [-0.05, 0) is 38.9 Å². The number of aromatic amines is 1. The Morgan fingerprint density at radius 3 is 2.84 bits per heavy atom. The van der Waals surface area contributed by atoms with Crippen LogP contribution in [0.2, 0.25) is 0 Å². The van der Waals surface area contributed by atoms with E-state index >= 15 is 0 Å². The normalized spacial score (nSPS) is 16.9. The van der Waals surface area contributed by atoms with Crippen LogP contribution >= 0.6 is 0 Å². The second kappa shape index (κ2) is 6.97. The van der Waals surface area contributed by atoms with E-state index in [1.54, 1.807) is 24.9 Å². The summed E-state index contributed by atoms with van der Waals surface area (Å²) in [6.45, 7) is 4.76. The summed E-state index contributed by atoms with van der Waals surface area (Å²) in [5.74, 6) is -0.249. The van der Waals surface area contributed by atoms with Crippen LogP contribution in [0.1, 0.15) is 28.9 Å². The lowest BCUT2D eigenvalue weighted by Crippen LogP contribution is -2.47. The van der Waals surface area contributed by atoms with E-state index in [9.17, 15) is 9.59 Å². The van der Waals surface area contributed by atoms with Crippen molar-refractivity contribution in [1.82, 2.24) is 25.4 Å². The third-order valence-electron chi connectivity index (χ3n) is 4.93. The number of nitrogens with one attached hydrogen (secondary N) is 3. The monoisotopic (exact) mass is 347 g/mol. The zero-order chi connectivity index (χ0) is 18.0. The number of aryl methyl sites for hydroxylation is 2. The zero-order valence-electron chi connectivity index (χ0n) is 14.9. The van der Waals surface area contributed by atoms with Crippen molar-refractivity contribution in [2.45, 2.75) is 19.8 Å². The lowest BCUT2D eigenvalue weighted by Gasteiger charge is -2.37. The van der Waals surface area contributed by atoms with Crippen molar-refractivity contribution >= 4 is 16.9 Å². The molecule has 0 bridgehead atoms. The number of nitrogens with zero attached hydrogens (tertiary/aromatic N) is 2. The molecule has 2 aromatic heterocycles. The fourth-order valence-electron chi connectivity index (χ4n) is 3.56. The molecule has 0 atom stereocenters. The Hall–Kier alpha value is -2.19. The Kier molecular flexibility index (Phi) is 4.91. The Bertz CT molecular complexity index is 827. The number of rotatable bonds is 5. The molecule has 0 spiro atoms. The van der Waals surface area contributed by atoms with Gasteiger partial charge in [0.15, 0.2) is 5.65 Å². The van der Waals surface area contributed by atoms with Crippen LogP contribution in [0.3, 0.4) is 0 Å². The Morgan fingerprint density at radius 2 is 2.16 bits per heavy atom. The maximum absolute atomic E-state index is 12.8. The summed E-state index contributed by atoms with van der Waals surface area (Å²) >= 11 is 0. The first-order valence-corrected chi connectivity index (χ1v) is 8.50. The first-order chi connectivity index (χ1) is 12.0. The highest BCUT2D eigenvalue weighted by molar-refractivity contribution is 6.05. The maximum atomic E-state index is 12.8. The van der Waals surface area contributed by atoms with Crippen LogP contribution in [-0.4, -0.2) is 54.0 Å². The van der Waals surface area contributed by atoms with E-state index in [4.69, 9.17) is 4.74 Å². The van der Waals surface area contributed by atoms with Gasteiger partial charge in [-0.1, -0.05) is 0 Å². The fourth-order valence-corrected chi connectivity index (χ4v) is 3.56. The molecule has 8 heteroatoms. The third-order valence-corrected chi connectivity index (χ3v) is 4.93. The highest BCUT2D eigenvalue weighted by atomic mass is 16.5. The first-order valence-electron chi connectivity index (χ1n) is 8.50. The fraction of sp³-hybridized carbons (Fsp3) is 0.588. The van der Waals surface area contributed by atoms with Crippen LogP contribution in [0.25, 0.3) is 11.0 Å². The van der Waals surface area contributed by atoms with E-state index in [1.165, 1.54) is 0 Å². The van der Waals surface area contributed by atoms with Crippen molar-refractivity contribution < 1.29 is 9.53 Å². The number of carbonyl (C=O) groups is 1. The molecule has 1 aliphatic heterocycles. The number of aromatic nitrogens is 3. The van der Waals surface area contributed by atoms with E-state index in [1.807, 2.05) is 6.92 Å². The topological polar surface area (TPSA) is 101 Å². The number of hydrogen-bond acceptors (Lipinski definition) is 5. The first kappa shape index (κ1) is 17.6. The van der Waals surface area contributed by atoms with Crippen molar-refractivity contribution in [2.75, 3.05) is 33.4 Å². The van der Waals surface area contributed by atoms with Gasteiger partial charge < -0.3 is 15.4 Å². The molecular weight excluding hydrogens is 322 g/mol. The lowest BCUT2D eigenvalue weighted by molar-refractivity contribution is 0.0512. The second-order valence-electron chi connectivity index (χ2n) is 6.88. The number of pyridine rings is 1. The molecule has 0 saturated carbocycles. The van der Waals surface area contributed by atoms with Crippen LogP contribution in [0, 0.1) is 12.3 Å². The molecular formula is C17H25N5O3. The SMILES string of the molecule is COCC1(CNC(=O)c2cc(C)nc3c2c(=O)[nH]n3C)CCNCC1. The number of ether oxygens (including phenoxy) is 1. The number of methoxy groups -OCH3 is 1. The van der Waals surface area contributed by atoms with Crippen LogP contribution in [0.4, 0.5) is 0 Å². The minimum absolute atomic E-state index is 0.0695. The minimum atomic E-state index is -0.302. The molecule has 8 nitrogen and oxygen atoms in total. The van der Waals surface area contributed by atoms with E-state index in [-0.39, 0.29) is 16.9 Å². The Labute approximate surface area is 145 Å². The Balaban J connectivity index is 1.86. The maximum Gasteiger partial charge on any atom is 0.274 e. The van der Waals surface area contributed by atoms with Crippen molar-refractivity contribution in [3.8, 4) is 0 Å². The average Bonchev–Trinajstić information content (AvgIpc) is 2.87. The van der Waals surface area contributed by atoms with Gasteiger partial charge in [0.05, 0.1) is 17.6 Å². The molecule has 0 aromatic carbocycles. The molecule has 136 valence electrons. The molecule has 0 aliphatic carbocycles. The quantitative estimate of drug-likeness (QED) is 0.723. The third kappa shape index (κ3) is 3.45. The van der Waals surface area contributed by atoms with Gasteiger partial charge in [0.1, 0.15) is 0 Å². The molecule has 1 aliphatic rings. The number of amides is 1. The zero-order valence-corrected chi connectivity index (χ0v) is 14.9. The molecule has 25 heavy (non-hydrogen) atoms. The molecule has 1 amide bonds. The Morgan fingerprint density at radius 1 is 1.44 bits per heavy atom. The highest BCUT2D eigenvalue weighted by Crippen LogP contribution is 2.28. The average molecular weight is 347 g/mol. The molecule has 0 unspecified atom stereocenters. The molecule has 1 fully saturated rings. The predicted molar refractivity (Wildman–Crippen MR) is 94.8 cm³/mol. The van der Waals surface area contributed by atoms with Crippen LogP contribution in [0.5, 0.6) is 0 Å². The second-order valence-corrected chi connectivity index (χ2v) is 6.88. The molecule has 3 N–H and O–H groups in total. The van der Waals surface area contributed by atoms with Crippen LogP contribution in [-0.2, 0) is 11.8 Å². The van der Waals surface area contributed by atoms with Gasteiger partial charge in [0.25, 0.3) is 11.5 Å². The minimum Gasteiger partial charge on any atom is -0.384 e. The van der Waals surface area contributed by atoms with E-state index < -0.39 is 0 Å². The molecule has 1 saturated heterocycles. The summed E-state index contributed by atoms with van der Waals surface area (Å²) < 4.78 is 6.93. The van der Waals surface area contributed by atoms with Gasteiger partial charge in [0.2, 0.25) is 0 Å². The lowest BCUT2D eigenvalue weighted by atomic mass is 9.79. The van der Waals surface area contributed by atoms with Crippen molar-refractivity contribution in [1.29, 1.82) is 0 Å². The van der Waals surface area contributed by atoms with E-state index in [0.29, 0.717) is 35.4 Å². The summed E-state index contributed by atoms with van der Waals surface area (Å²) in [4.78, 5) is 29.3.